The van der Waals surface area contributed by atoms with Gasteiger partial charge in [-0.2, -0.15) is 0 Å². The van der Waals surface area contributed by atoms with Gasteiger partial charge in [-0.05, 0) is 18.1 Å². The van der Waals surface area contributed by atoms with Crippen molar-refractivity contribution in [1.29, 1.82) is 0 Å². The first kappa shape index (κ1) is 8.70. The van der Waals surface area contributed by atoms with E-state index in [1.165, 1.54) is 6.92 Å². The highest BCUT2D eigenvalue weighted by molar-refractivity contribution is 5.41. The van der Waals surface area contributed by atoms with Crippen LogP contribution in [0.15, 0.2) is 24.3 Å². The molecule has 13 heavy (non-hydrogen) atoms. The topological polar surface area (TPSA) is 20.2 Å². The molecule has 0 radical (unpaired) electrons. The lowest BCUT2D eigenvalue weighted by atomic mass is 9.92. The summed E-state index contributed by atoms with van der Waals surface area (Å²) >= 11 is 0. The van der Waals surface area contributed by atoms with Crippen molar-refractivity contribution in [2.45, 2.75) is 31.5 Å². The van der Waals surface area contributed by atoms with Gasteiger partial charge in [-0.15, -0.1) is 0 Å². The van der Waals surface area contributed by atoms with E-state index in [4.69, 9.17) is 0 Å². The van der Waals surface area contributed by atoms with Crippen molar-refractivity contribution in [3.05, 3.63) is 35.4 Å². The van der Waals surface area contributed by atoms with E-state index in [1.807, 2.05) is 25.1 Å². The third-order valence-corrected chi connectivity index (χ3v) is 3.14. The zero-order valence-corrected chi connectivity index (χ0v) is 7.79. The van der Waals surface area contributed by atoms with E-state index in [-0.39, 0.29) is 5.92 Å². The molecule has 70 valence electrons. The molecule has 2 heteroatoms. The molecular formula is C11H13FO. The number of alkyl halides is 1. The zero-order chi connectivity index (χ0) is 9.64. The molecule has 0 amide bonds. The lowest BCUT2D eigenvalue weighted by Crippen LogP contribution is -2.26. The Morgan fingerprint density at radius 3 is 2.38 bits per heavy atom. The standard InChI is InChI=1S/C11H13FO/c1-7-8-5-3-4-6-9(8)10(13)11(7,2)12/h3-7,10,13H,1-2H3/t7-,10-,11?/m1/s1. The van der Waals surface area contributed by atoms with Crippen LogP contribution < -0.4 is 0 Å². The van der Waals surface area contributed by atoms with E-state index in [2.05, 4.69) is 0 Å². The largest absolute Gasteiger partial charge is 0.385 e. The van der Waals surface area contributed by atoms with Crippen molar-refractivity contribution < 1.29 is 9.50 Å². The van der Waals surface area contributed by atoms with Crippen LogP contribution >= 0.6 is 0 Å². The molecule has 1 aliphatic rings. The van der Waals surface area contributed by atoms with Gasteiger partial charge in [0.2, 0.25) is 0 Å². The Kier molecular flexibility index (Phi) is 1.70. The minimum absolute atomic E-state index is 0.223. The summed E-state index contributed by atoms with van der Waals surface area (Å²) in [6.07, 6.45) is -0.973. The van der Waals surface area contributed by atoms with Crippen LogP contribution in [0.25, 0.3) is 0 Å². The van der Waals surface area contributed by atoms with Gasteiger partial charge in [0.15, 0.2) is 0 Å². The number of hydrogen-bond donors (Lipinski definition) is 1. The highest BCUT2D eigenvalue weighted by Gasteiger charge is 2.47. The van der Waals surface area contributed by atoms with Crippen LogP contribution in [0.5, 0.6) is 0 Å². The molecule has 0 aromatic heterocycles. The average molecular weight is 180 g/mol. The second-order valence-electron chi connectivity index (χ2n) is 3.90. The van der Waals surface area contributed by atoms with Crippen molar-refractivity contribution in [2.24, 2.45) is 0 Å². The van der Waals surface area contributed by atoms with Gasteiger partial charge in [0.1, 0.15) is 11.8 Å². The first-order chi connectivity index (χ1) is 6.05. The van der Waals surface area contributed by atoms with Crippen LogP contribution in [0, 0.1) is 0 Å². The maximum atomic E-state index is 13.9. The fraction of sp³-hybridized carbons (Fsp3) is 0.455. The van der Waals surface area contributed by atoms with Crippen molar-refractivity contribution in [3.8, 4) is 0 Å². The lowest BCUT2D eigenvalue weighted by molar-refractivity contribution is 0.00356. The molecule has 1 unspecified atom stereocenters. The third-order valence-electron chi connectivity index (χ3n) is 3.14. The fourth-order valence-electron chi connectivity index (χ4n) is 2.00. The first-order valence-electron chi connectivity index (χ1n) is 4.51. The van der Waals surface area contributed by atoms with Crippen LogP contribution in [0.2, 0.25) is 0 Å². The molecule has 1 aromatic rings. The van der Waals surface area contributed by atoms with Crippen LogP contribution in [0.4, 0.5) is 4.39 Å². The molecular weight excluding hydrogens is 167 g/mol. The van der Waals surface area contributed by atoms with E-state index in [1.54, 1.807) is 6.07 Å². The number of fused-ring (bicyclic) bond motifs is 1. The molecule has 0 spiro atoms. The first-order valence-corrected chi connectivity index (χ1v) is 4.51. The second-order valence-corrected chi connectivity index (χ2v) is 3.90. The SMILES string of the molecule is C[C@@H]1c2ccccc2[C@@H](O)C1(C)F. The second kappa shape index (κ2) is 2.55. The Bertz CT molecular complexity index is 302. The summed E-state index contributed by atoms with van der Waals surface area (Å²) in [5.41, 5.74) is 0.143. The number of aliphatic hydroxyl groups excluding tert-OH is 1. The van der Waals surface area contributed by atoms with Crippen molar-refractivity contribution >= 4 is 0 Å². The summed E-state index contributed by atoms with van der Waals surface area (Å²) in [6.45, 7) is 3.28. The molecule has 0 aliphatic heterocycles. The molecule has 0 heterocycles. The monoisotopic (exact) mass is 180 g/mol. The number of rotatable bonds is 0. The quantitative estimate of drug-likeness (QED) is 0.650. The van der Waals surface area contributed by atoms with E-state index < -0.39 is 11.8 Å². The molecule has 0 bridgehead atoms. The van der Waals surface area contributed by atoms with Crippen LogP contribution in [0.1, 0.15) is 37.0 Å². The Morgan fingerprint density at radius 1 is 1.31 bits per heavy atom. The van der Waals surface area contributed by atoms with Gasteiger partial charge in [-0.25, -0.2) is 4.39 Å². The summed E-state index contributed by atoms with van der Waals surface area (Å²) in [5, 5.41) is 9.70. The molecule has 3 atom stereocenters. The van der Waals surface area contributed by atoms with Crippen LogP contribution in [0.3, 0.4) is 0 Å². The average Bonchev–Trinajstić information content (AvgIpc) is 2.30. The van der Waals surface area contributed by atoms with Gasteiger partial charge < -0.3 is 5.11 Å². The highest BCUT2D eigenvalue weighted by atomic mass is 19.1. The predicted octanol–water partition coefficient (Wildman–Crippen LogP) is 2.57. The number of halogens is 1. The predicted molar refractivity (Wildman–Crippen MR) is 49.3 cm³/mol. The number of aliphatic hydroxyl groups is 1. The van der Waals surface area contributed by atoms with Gasteiger partial charge in [0.25, 0.3) is 0 Å². The normalized spacial score (nSPS) is 37.5. The maximum absolute atomic E-state index is 13.9. The highest BCUT2D eigenvalue weighted by Crippen LogP contribution is 2.49. The van der Waals surface area contributed by atoms with Gasteiger partial charge >= 0.3 is 0 Å². The smallest absolute Gasteiger partial charge is 0.144 e. The molecule has 0 saturated carbocycles. The lowest BCUT2D eigenvalue weighted by Gasteiger charge is -2.22. The minimum Gasteiger partial charge on any atom is -0.385 e. The van der Waals surface area contributed by atoms with Gasteiger partial charge in [0, 0.05) is 5.92 Å². The number of benzene rings is 1. The molecule has 1 aromatic carbocycles. The molecule has 0 fully saturated rings. The van der Waals surface area contributed by atoms with Crippen molar-refractivity contribution in [3.63, 3.8) is 0 Å². The van der Waals surface area contributed by atoms with E-state index in [9.17, 15) is 9.50 Å². The summed E-state index contributed by atoms with van der Waals surface area (Å²) in [4.78, 5) is 0. The summed E-state index contributed by atoms with van der Waals surface area (Å²) in [7, 11) is 0. The summed E-state index contributed by atoms with van der Waals surface area (Å²) in [5.74, 6) is -0.223. The summed E-state index contributed by atoms with van der Waals surface area (Å²) in [6, 6.07) is 7.38. The Hall–Kier alpha value is -0.890. The Morgan fingerprint density at radius 2 is 1.85 bits per heavy atom. The summed E-state index contributed by atoms with van der Waals surface area (Å²) < 4.78 is 13.9. The third kappa shape index (κ3) is 1.02. The molecule has 1 aliphatic carbocycles. The molecule has 0 saturated heterocycles. The van der Waals surface area contributed by atoms with Crippen molar-refractivity contribution in [2.75, 3.05) is 0 Å². The van der Waals surface area contributed by atoms with E-state index in [0.717, 1.165) is 11.1 Å². The maximum Gasteiger partial charge on any atom is 0.144 e. The fourth-order valence-corrected chi connectivity index (χ4v) is 2.00. The molecule has 1 N–H and O–H groups in total. The van der Waals surface area contributed by atoms with Gasteiger partial charge in [0.05, 0.1) is 0 Å². The van der Waals surface area contributed by atoms with Crippen LogP contribution in [-0.2, 0) is 0 Å². The van der Waals surface area contributed by atoms with Gasteiger partial charge in [-0.3, -0.25) is 0 Å². The Labute approximate surface area is 77.2 Å². The van der Waals surface area contributed by atoms with E-state index in [0.29, 0.717) is 0 Å². The molecule has 1 nitrogen and oxygen atoms in total. The zero-order valence-electron chi connectivity index (χ0n) is 7.79. The number of hydrogen-bond acceptors (Lipinski definition) is 1. The molecule has 2 rings (SSSR count). The van der Waals surface area contributed by atoms with Crippen molar-refractivity contribution in [1.82, 2.24) is 0 Å². The Balaban J connectivity index is 2.57. The van der Waals surface area contributed by atoms with Crippen LogP contribution in [-0.4, -0.2) is 10.8 Å². The minimum atomic E-state index is -1.52. The van der Waals surface area contributed by atoms with Gasteiger partial charge in [-0.1, -0.05) is 31.2 Å². The van der Waals surface area contributed by atoms with E-state index >= 15 is 0 Å².